The van der Waals surface area contributed by atoms with Crippen LogP contribution < -0.4 is 5.32 Å². The lowest BCUT2D eigenvalue weighted by atomic mass is 10.3. The molecule has 0 aliphatic carbocycles. The average molecular weight is 113 g/mol. The molecule has 3 nitrogen and oxygen atoms in total. The number of dihydropyridines is 1. The van der Waals surface area contributed by atoms with Gasteiger partial charge in [-0.25, -0.2) is 0 Å². The Hall–Kier alpha value is -0.960. The number of aliphatic hydroxyl groups is 2. The van der Waals surface area contributed by atoms with Crippen molar-refractivity contribution in [1.29, 1.82) is 0 Å². The molecule has 1 atom stereocenters. The number of aliphatic hydroxyl groups excluding tert-OH is 2. The van der Waals surface area contributed by atoms with Gasteiger partial charge in [0.25, 0.3) is 0 Å². The van der Waals surface area contributed by atoms with Gasteiger partial charge in [0.1, 0.15) is 5.76 Å². The highest BCUT2D eigenvalue weighted by molar-refractivity contribution is 5.13. The molecule has 3 N–H and O–H groups in total. The van der Waals surface area contributed by atoms with E-state index < -0.39 is 6.23 Å². The lowest BCUT2D eigenvalue weighted by Crippen LogP contribution is -2.27. The fourth-order valence-electron chi connectivity index (χ4n) is 0.470. The van der Waals surface area contributed by atoms with Crippen LogP contribution in [0.2, 0.25) is 0 Å². The summed E-state index contributed by atoms with van der Waals surface area (Å²) in [6, 6.07) is 0. The first-order chi connectivity index (χ1) is 3.80. The van der Waals surface area contributed by atoms with Crippen LogP contribution in [0.4, 0.5) is 0 Å². The van der Waals surface area contributed by atoms with Gasteiger partial charge in [0, 0.05) is 0 Å². The molecule has 1 unspecified atom stereocenters. The molecule has 44 valence electrons. The Morgan fingerprint density at radius 1 is 1.62 bits per heavy atom. The molecular formula is C5H7NO2. The number of nitrogens with one attached hydrogen (secondary N) is 1. The molecule has 1 aliphatic rings. The topological polar surface area (TPSA) is 52.5 Å². The second-order valence-corrected chi connectivity index (χ2v) is 1.52. The number of hydrogen-bond acceptors (Lipinski definition) is 3. The van der Waals surface area contributed by atoms with E-state index in [-0.39, 0.29) is 5.76 Å². The van der Waals surface area contributed by atoms with Gasteiger partial charge in [-0.05, 0) is 18.4 Å². The molecular weight excluding hydrogens is 106 g/mol. The molecule has 0 aromatic carbocycles. The molecule has 0 saturated heterocycles. The Morgan fingerprint density at radius 3 is 2.75 bits per heavy atom. The van der Waals surface area contributed by atoms with Crippen molar-refractivity contribution in [1.82, 2.24) is 5.32 Å². The molecule has 1 rings (SSSR count). The van der Waals surface area contributed by atoms with Crippen LogP contribution in [-0.4, -0.2) is 16.4 Å². The van der Waals surface area contributed by atoms with Crippen LogP contribution in [0, 0.1) is 0 Å². The first-order valence-electron chi connectivity index (χ1n) is 2.30. The molecule has 0 aromatic rings. The molecule has 0 spiro atoms. The van der Waals surface area contributed by atoms with Gasteiger partial charge in [0.15, 0.2) is 6.23 Å². The van der Waals surface area contributed by atoms with Crippen molar-refractivity contribution in [3.8, 4) is 0 Å². The number of hydrogen-bond donors (Lipinski definition) is 3. The van der Waals surface area contributed by atoms with Gasteiger partial charge < -0.3 is 15.5 Å². The maximum absolute atomic E-state index is 8.70. The normalized spacial score (nSPS) is 26.6. The van der Waals surface area contributed by atoms with Crippen molar-refractivity contribution < 1.29 is 10.2 Å². The first kappa shape index (κ1) is 5.18. The molecule has 0 aromatic heterocycles. The molecule has 8 heavy (non-hydrogen) atoms. The minimum atomic E-state index is -0.917. The monoisotopic (exact) mass is 113 g/mol. The van der Waals surface area contributed by atoms with Gasteiger partial charge in [-0.2, -0.15) is 0 Å². The smallest absolute Gasteiger partial charge is 0.182 e. The molecule has 0 radical (unpaired) electrons. The van der Waals surface area contributed by atoms with Crippen molar-refractivity contribution >= 4 is 0 Å². The van der Waals surface area contributed by atoms with E-state index in [9.17, 15) is 0 Å². The summed E-state index contributed by atoms with van der Waals surface area (Å²) in [5.74, 6) is -0.0486. The van der Waals surface area contributed by atoms with E-state index in [0.717, 1.165) is 0 Å². The fourth-order valence-corrected chi connectivity index (χ4v) is 0.470. The fraction of sp³-hybridized carbons (Fsp3) is 0.200. The Labute approximate surface area is 47.0 Å². The summed E-state index contributed by atoms with van der Waals surface area (Å²) in [5.41, 5.74) is 0. The molecule has 3 heteroatoms. The highest BCUT2D eigenvalue weighted by atomic mass is 16.3. The minimum Gasteiger partial charge on any atom is -0.508 e. The second-order valence-electron chi connectivity index (χ2n) is 1.52. The molecule has 1 aliphatic heterocycles. The Kier molecular flexibility index (Phi) is 1.22. The van der Waals surface area contributed by atoms with Crippen LogP contribution in [0.15, 0.2) is 24.1 Å². The molecule has 1 heterocycles. The summed E-state index contributed by atoms with van der Waals surface area (Å²) in [6.45, 7) is 0. The molecule has 0 amide bonds. The lowest BCUT2D eigenvalue weighted by Gasteiger charge is -2.11. The van der Waals surface area contributed by atoms with Gasteiger partial charge in [-0.1, -0.05) is 0 Å². The zero-order valence-electron chi connectivity index (χ0n) is 4.20. The van der Waals surface area contributed by atoms with Crippen molar-refractivity contribution in [3.05, 3.63) is 24.1 Å². The number of rotatable bonds is 0. The van der Waals surface area contributed by atoms with Crippen molar-refractivity contribution in [3.63, 3.8) is 0 Å². The van der Waals surface area contributed by atoms with Gasteiger partial charge in [0.2, 0.25) is 0 Å². The largest absolute Gasteiger partial charge is 0.508 e. The predicted octanol–water partition coefficient (Wildman–Crippen LogP) is -0.136. The lowest BCUT2D eigenvalue weighted by molar-refractivity contribution is 0.133. The third-order valence-electron chi connectivity index (χ3n) is 0.897. The van der Waals surface area contributed by atoms with Gasteiger partial charge >= 0.3 is 0 Å². The molecule has 0 fully saturated rings. The zero-order valence-corrected chi connectivity index (χ0v) is 4.20. The summed E-state index contributed by atoms with van der Waals surface area (Å²) >= 11 is 0. The Morgan fingerprint density at radius 2 is 2.38 bits per heavy atom. The van der Waals surface area contributed by atoms with Crippen molar-refractivity contribution in [2.24, 2.45) is 0 Å². The SMILES string of the molecule is OC1=CC=CNC1O. The molecule has 0 saturated carbocycles. The van der Waals surface area contributed by atoms with Crippen LogP contribution in [0.5, 0.6) is 0 Å². The highest BCUT2D eigenvalue weighted by Gasteiger charge is 2.06. The van der Waals surface area contributed by atoms with E-state index in [1.165, 1.54) is 6.08 Å². The van der Waals surface area contributed by atoms with Gasteiger partial charge in [-0.15, -0.1) is 0 Å². The summed E-state index contributed by atoms with van der Waals surface area (Å²) in [7, 11) is 0. The third kappa shape index (κ3) is 0.816. The van der Waals surface area contributed by atoms with E-state index in [4.69, 9.17) is 10.2 Å². The van der Waals surface area contributed by atoms with Crippen molar-refractivity contribution in [2.45, 2.75) is 6.23 Å². The maximum atomic E-state index is 8.70. The maximum Gasteiger partial charge on any atom is 0.182 e. The summed E-state index contributed by atoms with van der Waals surface area (Å²) < 4.78 is 0. The zero-order chi connectivity index (χ0) is 5.98. The second kappa shape index (κ2) is 1.88. The van der Waals surface area contributed by atoms with E-state index in [1.807, 2.05) is 0 Å². The van der Waals surface area contributed by atoms with Crippen LogP contribution in [-0.2, 0) is 0 Å². The highest BCUT2D eigenvalue weighted by Crippen LogP contribution is 1.98. The van der Waals surface area contributed by atoms with Crippen LogP contribution in [0.1, 0.15) is 0 Å². The van der Waals surface area contributed by atoms with Gasteiger partial charge in [-0.3, -0.25) is 0 Å². The van der Waals surface area contributed by atoms with E-state index in [1.54, 1.807) is 12.3 Å². The first-order valence-corrected chi connectivity index (χ1v) is 2.30. The quantitative estimate of drug-likeness (QED) is 0.410. The van der Waals surface area contributed by atoms with Crippen molar-refractivity contribution in [2.75, 3.05) is 0 Å². The van der Waals surface area contributed by atoms with Crippen LogP contribution in [0.3, 0.4) is 0 Å². The minimum absolute atomic E-state index is 0.0486. The van der Waals surface area contributed by atoms with Gasteiger partial charge in [0.05, 0.1) is 0 Å². The summed E-state index contributed by atoms with van der Waals surface area (Å²) in [5, 5.41) is 19.9. The Bertz CT molecular complexity index is 139. The third-order valence-corrected chi connectivity index (χ3v) is 0.897. The van der Waals surface area contributed by atoms with E-state index in [0.29, 0.717) is 0 Å². The summed E-state index contributed by atoms with van der Waals surface area (Å²) in [6.07, 6.45) is 3.69. The summed E-state index contributed by atoms with van der Waals surface area (Å²) in [4.78, 5) is 0. The van der Waals surface area contributed by atoms with Crippen LogP contribution in [0.25, 0.3) is 0 Å². The number of allylic oxidation sites excluding steroid dienone is 2. The average Bonchev–Trinajstić information content (AvgIpc) is 1.77. The Balaban J connectivity index is 2.66. The van der Waals surface area contributed by atoms with Crippen LogP contribution >= 0.6 is 0 Å². The van der Waals surface area contributed by atoms with E-state index >= 15 is 0 Å². The standard InChI is InChI=1S/C5H7NO2/c7-4-2-1-3-6-5(4)8/h1-3,5-8H. The molecule has 0 bridgehead atoms. The van der Waals surface area contributed by atoms with E-state index in [2.05, 4.69) is 5.32 Å². The predicted molar refractivity (Wildman–Crippen MR) is 29.0 cm³/mol.